The quantitative estimate of drug-likeness (QED) is 0.706. The van der Waals surface area contributed by atoms with E-state index in [9.17, 15) is 4.79 Å². The summed E-state index contributed by atoms with van der Waals surface area (Å²) >= 11 is 7.40. The Morgan fingerprint density at radius 1 is 1.22 bits per heavy atom. The summed E-state index contributed by atoms with van der Waals surface area (Å²) < 4.78 is 0. The summed E-state index contributed by atoms with van der Waals surface area (Å²) in [5, 5.41) is 4.31. The van der Waals surface area contributed by atoms with E-state index < -0.39 is 0 Å². The Bertz CT molecular complexity index is 933. The predicted molar refractivity (Wildman–Crippen MR) is 97.6 cm³/mol. The Morgan fingerprint density at radius 3 is 2.65 bits per heavy atom. The van der Waals surface area contributed by atoms with Crippen molar-refractivity contribution in [2.75, 3.05) is 11.1 Å². The number of hydrogen-bond acceptors (Lipinski definition) is 4. The predicted octanol–water partition coefficient (Wildman–Crippen LogP) is 4.71. The second kappa shape index (κ2) is 5.83. The van der Waals surface area contributed by atoms with Gasteiger partial charge in [0.15, 0.2) is 0 Å². The molecular weight excluding hydrogens is 330 g/mol. The van der Waals surface area contributed by atoms with Crippen LogP contribution in [-0.2, 0) is 0 Å². The number of amides is 1. The molecule has 2 heterocycles. The molecule has 0 unspecified atom stereocenters. The van der Waals surface area contributed by atoms with Crippen molar-refractivity contribution in [2.24, 2.45) is 0 Å². The van der Waals surface area contributed by atoms with Gasteiger partial charge in [0, 0.05) is 21.8 Å². The lowest BCUT2D eigenvalue weighted by Crippen LogP contribution is -2.12. The van der Waals surface area contributed by atoms with Gasteiger partial charge in [0.25, 0.3) is 5.91 Å². The molecule has 3 rings (SSSR count). The van der Waals surface area contributed by atoms with E-state index in [1.54, 1.807) is 6.07 Å². The number of hydrogen-bond donors (Lipinski definition) is 2. The van der Waals surface area contributed by atoms with Gasteiger partial charge in [-0.25, -0.2) is 4.98 Å². The number of nitrogens with zero attached hydrogens (tertiary/aromatic N) is 1. The summed E-state index contributed by atoms with van der Waals surface area (Å²) in [6.07, 6.45) is 0. The molecule has 0 radical (unpaired) electrons. The summed E-state index contributed by atoms with van der Waals surface area (Å²) in [5.74, 6) is -0.248. The Kier molecular flexibility index (Phi) is 4.00. The highest BCUT2D eigenvalue weighted by molar-refractivity contribution is 7.21. The number of nitrogen functional groups attached to an aromatic ring is 1. The third-order valence-corrected chi connectivity index (χ3v) is 5.17. The van der Waals surface area contributed by atoms with Crippen molar-refractivity contribution < 1.29 is 4.79 Å². The standard InChI is InChI=1S/C17H16ClN3OS/c1-8-4-5-11(7-12(8)18)21-16(22)15-14(19)13-9(2)6-10(3)20-17(13)23-15/h4-7H,19H2,1-3H3,(H,21,22). The molecule has 0 saturated carbocycles. The average Bonchev–Trinajstić information content (AvgIpc) is 2.80. The molecule has 23 heavy (non-hydrogen) atoms. The molecule has 0 bridgehead atoms. The van der Waals surface area contributed by atoms with E-state index in [0.717, 1.165) is 27.0 Å². The first-order chi connectivity index (χ1) is 10.9. The normalized spacial score (nSPS) is 11.0. The van der Waals surface area contributed by atoms with E-state index in [4.69, 9.17) is 17.3 Å². The van der Waals surface area contributed by atoms with Gasteiger partial charge >= 0.3 is 0 Å². The average molecular weight is 346 g/mol. The number of carbonyl (C=O) groups is 1. The van der Waals surface area contributed by atoms with Crippen molar-refractivity contribution in [3.8, 4) is 0 Å². The van der Waals surface area contributed by atoms with Crippen LogP contribution in [0.4, 0.5) is 11.4 Å². The molecule has 2 aromatic heterocycles. The van der Waals surface area contributed by atoms with Crippen molar-refractivity contribution >= 4 is 50.4 Å². The summed E-state index contributed by atoms with van der Waals surface area (Å²) in [4.78, 5) is 18.3. The second-order valence-corrected chi connectivity index (χ2v) is 6.93. The van der Waals surface area contributed by atoms with Crippen LogP contribution in [0.1, 0.15) is 26.5 Å². The minimum atomic E-state index is -0.248. The number of aromatic nitrogens is 1. The van der Waals surface area contributed by atoms with Crippen LogP contribution in [0.15, 0.2) is 24.3 Å². The summed E-state index contributed by atoms with van der Waals surface area (Å²) in [6, 6.07) is 7.37. The molecule has 118 valence electrons. The zero-order valence-corrected chi connectivity index (χ0v) is 14.6. The number of benzene rings is 1. The number of rotatable bonds is 2. The molecule has 0 aliphatic rings. The molecule has 1 amide bonds. The van der Waals surface area contributed by atoms with Gasteiger partial charge in [-0.3, -0.25) is 4.79 Å². The number of thiophene rings is 1. The van der Waals surface area contributed by atoms with Crippen LogP contribution in [0, 0.1) is 20.8 Å². The first kappa shape index (κ1) is 15.8. The Hall–Kier alpha value is -2.11. The SMILES string of the molecule is Cc1cc(C)c2c(N)c(C(=O)Nc3ccc(C)c(Cl)c3)sc2n1. The minimum absolute atomic E-state index is 0.248. The third-order valence-electron chi connectivity index (χ3n) is 3.66. The zero-order chi connectivity index (χ0) is 16.7. The number of carbonyl (C=O) groups excluding carboxylic acids is 1. The van der Waals surface area contributed by atoms with E-state index in [1.807, 2.05) is 39.0 Å². The topological polar surface area (TPSA) is 68.0 Å². The van der Waals surface area contributed by atoms with E-state index >= 15 is 0 Å². The van der Waals surface area contributed by atoms with Gasteiger partial charge in [-0.2, -0.15) is 0 Å². The van der Waals surface area contributed by atoms with Crippen molar-refractivity contribution in [3.05, 3.63) is 51.0 Å². The zero-order valence-electron chi connectivity index (χ0n) is 13.0. The molecule has 0 atom stereocenters. The lowest BCUT2D eigenvalue weighted by atomic mass is 10.1. The number of pyridine rings is 1. The lowest BCUT2D eigenvalue weighted by molar-refractivity contribution is 0.103. The van der Waals surface area contributed by atoms with E-state index in [1.165, 1.54) is 11.3 Å². The van der Waals surface area contributed by atoms with Gasteiger partial charge in [-0.1, -0.05) is 17.7 Å². The van der Waals surface area contributed by atoms with Gasteiger partial charge in [0.05, 0.1) is 5.69 Å². The van der Waals surface area contributed by atoms with Crippen molar-refractivity contribution in [2.45, 2.75) is 20.8 Å². The highest BCUT2D eigenvalue weighted by atomic mass is 35.5. The smallest absolute Gasteiger partial charge is 0.267 e. The number of fused-ring (bicyclic) bond motifs is 1. The van der Waals surface area contributed by atoms with E-state index in [0.29, 0.717) is 21.3 Å². The monoisotopic (exact) mass is 345 g/mol. The summed E-state index contributed by atoms with van der Waals surface area (Å²) in [7, 11) is 0. The van der Waals surface area contributed by atoms with Crippen LogP contribution < -0.4 is 11.1 Å². The maximum atomic E-state index is 12.5. The Balaban J connectivity index is 1.99. The van der Waals surface area contributed by atoms with Gasteiger partial charge in [0.2, 0.25) is 0 Å². The van der Waals surface area contributed by atoms with Crippen LogP contribution in [0.5, 0.6) is 0 Å². The molecule has 0 aliphatic carbocycles. The lowest BCUT2D eigenvalue weighted by Gasteiger charge is -2.06. The van der Waals surface area contributed by atoms with Gasteiger partial charge in [-0.05, 0) is 50.1 Å². The van der Waals surface area contributed by atoms with Gasteiger partial charge < -0.3 is 11.1 Å². The van der Waals surface area contributed by atoms with Gasteiger partial charge in [-0.15, -0.1) is 11.3 Å². The molecule has 4 nitrogen and oxygen atoms in total. The van der Waals surface area contributed by atoms with Crippen molar-refractivity contribution in [3.63, 3.8) is 0 Å². The van der Waals surface area contributed by atoms with Crippen molar-refractivity contribution in [1.29, 1.82) is 0 Å². The Morgan fingerprint density at radius 2 is 1.96 bits per heavy atom. The van der Waals surface area contributed by atoms with E-state index in [-0.39, 0.29) is 5.91 Å². The fourth-order valence-corrected chi connectivity index (χ4v) is 3.79. The van der Waals surface area contributed by atoms with Crippen LogP contribution in [0.25, 0.3) is 10.2 Å². The first-order valence-electron chi connectivity index (χ1n) is 7.10. The maximum absolute atomic E-state index is 12.5. The number of nitrogens with two attached hydrogens (primary N) is 1. The number of halogens is 1. The summed E-state index contributed by atoms with van der Waals surface area (Å²) in [6.45, 7) is 5.81. The fourth-order valence-electron chi connectivity index (χ4n) is 2.50. The van der Waals surface area contributed by atoms with Crippen LogP contribution in [0.3, 0.4) is 0 Å². The molecule has 3 N–H and O–H groups in total. The largest absolute Gasteiger partial charge is 0.397 e. The Labute approximate surface area is 143 Å². The molecular formula is C17H16ClN3OS. The fraction of sp³-hybridized carbons (Fsp3) is 0.176. The number of aryl methyl sites for hydroxylation is 3. The number of anilines is 2. The molecule has 1 aromatic carbocycles. The molecule has 6 heteroatoms. The highest BCUT2D eigenvalue weighted by Crippen LogP contribution is 2.35. The van der Waals surface area contributed by atoms with Crippen molar-refractivity contribution in [1.82, 2.24) is 4.98 Å². The minimum Gasteiger partial charge on any atom is -0.397 e. The number of nitrogens with one attached hydrogen (secondary N) is 1. The van der Waals surface area contributed by atoms with E-state index in [2.05, 4.69) is 10.3 Å². The highest BCUT2D eigenvalue weighted by Gasteiger charge is 2.19. The molecule has 0 saturated heterocycles. The van der Waals surface area contributed by atoms with Crippen LogP contribution >= 0.6 is 22.9 Å². The molecule has 0 fully saturated rings. The molecule has 0 spiro atoms. The maximum Gasteiger partial charge on any atom is 0.267 e. The summed E-state index contributed by atoms with van der Waals surface area (Å²) in [5.41, 5.74) is 10.2. The molecule has 3 aromatic rings. The second-order valence-electron chi connectivity index (χ2n) is 5.52. The first-order valence-corrected chi connectivity index (χ1v) is 8.30. The molecule has 0 aliphatic heterocycles. The van der Waals surface area contributed by atoms with Crippen LogP contribution in [-0.4, -0.2) is 10.9 Å². The van der Waals surface area contributed by atoms with Crippen LogP contribution in [0.2, 0.25) is 5.02 Å². The van der Waals surface area contributed by atoms with Gasteiger partial charge in [0.1, 0.15) is 9.71 Å². The third kappa shape index (κ3) is 2.90.